The lowest BCUT2D eigenvalue weighted by Gasteiger charge is -2.17. The molecule has 0 saturated heterocycles. The van der Waals surface area contributed by atoms with E-state index in [2.05, 4.69) is 15.7 Å². The number of carbonyl (C=O) groups is 1. The van der Waals surface area contributed by atoms with Crippen molar-refractivity contribution in [1.29, 1.82) is 0 Å². The Kier molecular flexibility index (Phi) is 8.78. The highest BCUT2D eigenvalue weighted by Gasteiger charge is 2.23. The van der Waals surface area contributed by atoms with Crippen molar-refractivity contribution in [2.75, 3.05) is 10.6 Å². The summed E-state index contributed by atoms with van der Waals surface area (Å²) in [4.78, 5) is 26.2. The molecule has 4 rings (SSSR count). The maximum absolute atomic E-state index is 15.5. The van der Waals surface area contributed by atoms with Crippen molar-refractivity contribution in [3.63, 3.8) is 0 Å². The molecule has 0 fully saturated rings. The van der Waals surface area contributed by atoms with Crippen molar-refractivity contribution in [3.8, 4) is 5.69 Å². The minimum absolute atomic E-state index is 0.00233. The van der Waals surface area contributed by atoms with Crippen LogP contribution < -0.4 is 16.3 Å². The average molecular weight is 556 g/mol. The monoisotopic (exact) mass is 555 g/mol. The third kappa shape index (κ3) is 6.35. The quantitative estimate of drug-likeness (QED) is 0.259. The Balaban J connectivity index is 1.68. The maximum atomic E-state index is 15.5. The van der Waals surface area contributed by atoms with Gasteiger partial charge in [-0.1, -0.05) is 48.0 Å². The number of hydrogen-bond donors (Lipinski definition) is 2. The van der Waals surface area contributed by atoms with E-state index < -0.39 is 23.2 Å². The highest BCUT2D eigenvalue weighted by Crippen LogP contribution is 2.28. The van der Waals surface area contributed by atoms with E-state index in [9.17, 15) is 14.0 Å². The van der Waals surface area contributed by atoms with Gasteiger partial charge in [0.15, 0.2) is 5.82 Å². The number of aromatic nitrogens is 3. The van der Waals surface area contributed by atoms with Crippen molar-refractivity contribution in [3.05, 3.63) is 105 Å². The van der Waals surface area contributed by atoms with Gasteiger partial charge >= 0.3 is 5.69 Å². The van der Waals surface area contributed by atoms with Crippen LogP contribution in [0.5, 0.6) is 0 Å². The molecule has 0 spiro atoms. The maximum Gasteiger partial charge on any atom is 0.350 e. The van der Waals surface area contributed by atoms with Crippen LogP contribution in [0.1, 0.15) is 42.5 Å². The number of carbonyl (C=O) groups excluding carboxylic acids is 1. The second-order valence-electron chi connectivity index (χ2n) is 9.03. The normalized spacial score (nSPS) is 11.2. The number of ether oxygens (including phenoxy) is 1. The van der Waals surface area contributed by atoms with Gasteiger partial charge in [0.2, 0.25) is 0 Å². The summed E-state index contributed by atoms with van der Waals surface area (Å²) in [6, 6.07) is 15.7. The summed E-state index contributed by atoms with van der Waals surface area (Å²) in [6.45, 7) is 6.09. The Morgan fingerprint density at radius 1 is 1.05 bits per heavy atom. The summed E-state index contributed by atoms with van der Waals surface area (Å²) < 4.78 is 37.8. The summed E-state index contributed by atoms with van der Waals surface area (Å²) >= 11 is 6.04. The Morgan fingerprint density at radius 2 is 1.79 bits per heavy atom. The number of rotatable bonds is 10. The van der Waals surface area contributed by atoms with Crippen molar-refractivity contribution >= 4 is 28.9 Å². The third-order valence-corrected chi connectivity index (χ3v) is 6.12. The van der Waals surface area contributed by atoms with Crippen LogP contribution in [0.15, 0.2) is 65.5 Å². The van der Waals surface area contributed by atoms with Gasteiger partial charge in [-0.3, -0.25) is 9.36 Å². The molecule has 2 N–H and O–H groups in total. The van der Waals surface area contributed by atoms with Gasteiger partial charge in [0.1, 0.15) is 23.9 Å². The van der Waals surface area contributed by atoms with Crippen LogP contribution in [0, 0.1) is 11.6 Å². The fourth-order valence-corrected chi connectivity index (χ4v) is 4.20. The average Bonchev–Trinajstić information content (AvgIpc) is 3.22. The molecule has 0 bridgehead atoms. The molecular weight excluding hydrogens is 528 g/mol. The number of benzene rings is 3. The minimum Gasteiger partial charge on any atom is -0.382 e. The zero-order valence-corrected chi connectivity index (χ0v) is 22.4. The predicted octanol–water partition coefficient (Wildman–Crippen LogP) is 5.77. The zero-order chi connectivity index (χ0) is 28.1. The van der Waals surface area contributed by atoms with Gasteiger partial charge in [0.25, 0.3) is 5.91 Å². The van der Waals surface area contributed by atoms with Crippen LogP contribution >= 0.6 is 11.6 Å². The van der Waals surface area contributed by atoms with E-state index in [1.54, 1.807) is 6.92 Å². The summed E-state index contributed by atoms with van der Waals surface area (Å²) in [5.41, 5.74) is 0.163. The molecule has 1 amide bonds. The number of nitrogens with one attached hydrogen (secondary N) is 2. The van der Waals surface area contributed by atoms with Crippen LogP contribution in [-0.4, -0.2) is 26.3 Å². The van der Waals surface area contributed by atoms with Gasteiger partial charge in [0.05, 0.1) is 22.9 Å². The SMILES string of the molecule is CCn1c(COCc2ccccc2)nn(-c2cc(NC(C)C)c(C(=O)Nc3c(F)cccc3Cl)cc2F)c1=O. The molecule has 0 unspecified atom stereocenters. The lowest BCUT2D eigenvalue weighted by atomic mass is 10.1. The van der Waals surface area contributed by atoms with E-state index in [-0.39, 0.29) is 40.3 Å². The lowest BCUT2D eigenvalue weighted by molar-refractivity contribution is 0.0989. The molecule has 8 nitrogen and oxygen atoms in total. The van der Waals surface area contributed by atoms with Crippen LogP contribution in [0.2, 0.25) is 5.02 Å². The summed E-state index contributed by atoms with van der Waals surface area (Å²) in [5.74, 6) is -2.05. The molecule has 4 aromatic rings. The molecule has 11 heteroatoms. The molecule has 0 radical (unpaired) electrons. The first kappa shape index (κ1) is 28.0. The number of amides is 1. The first-order valence-electron chi connectivity index (χ1n) is 12.4. The number of nitrogens with zero attached hydrogens (tertiary/aromatic N) is 3. The number of halogens is 3. The predicted molar refractivity (Wildman–Crippen MR) is 147 cm³/mol. The molecule has 39 heavy (non-hydrogen) atoms. The molecule has 3 aromatic carbocycles. The molecule has 204 valence electrons. The Hall–Kier alpha value is -4.02. The molecule has 0 atom stereocenters. The van der Waals surface area contributed by atoms with E-state index in [4.69, 9.17) is 16.3 Å². The largest absolute Gasteiger partial charge is 0.382 e. The summed E-state index contributed by atoms with van der Waals surface area (Å²) in [7, 11) is 0. The van der Waals surface area contributed by atoms with Gasteiger partial charge in [0, 0.05) is 18.3 Å². The van der Waals surface area contributed by atoms with E-state index in [1.807, 2.05) is 44.2 Å². The van der Waals surface area contributed by atoms with E-state index >= 15 is 4.39 Å². The third-order valence-electron chi connectivity index (χ3n) is 5.80. The summed E-state index contributed by atoms with van der Waals surface area (Å²) in [5, 5.41) is 9.83. The standard InChI is InChI=1S/C28H28ClF2N5O3/c1-4-35-25(16-39-15-18-9-6-5-7-10-18)34-36(28(35)38)24-14-23(32-17(2)3)19(13-22(24)31)27(37)33-26-20(29)11-8-12-21(26)30/h5-14,17,32H,4,15-16H2,1-3H3,(H,33,37). The smallest absolute Gasteiger partial charge is 0.350 e. The van der Waals surface area contributed by atoms with Crippen LogP contribution in [0.3, 0.4) is 0 Å². The minimum atomic E-state index is -0.867. The van der Waals surface area contributed by atoms with Gasteiger partial charge < -0.3 is 15.4 Å². The first-order chi connectivity index (χ1) is 18.7. The van der Waals surface area contributed by atoms with Crippen molar-refractivity contribution in [2.24, 2.45) is 0 Å². The molecular formula is C28H28ClF2N5O3. The van der Waals surface area contributed by atoms with Crippen LogP contribution in [0.4, 0.5) is 20.2 Å². The van der Waals surface area contributed by atoms with E-state index in [0.717, 1.165) is 22.4 Å². The highest BCUT2D eigenvalue weighted by molar-refractivity contribution is 6.34. The number of hydrogen-bond acceptors (Lipinski definition) is 5. The van der Waals surface area contributed by atoms with Crippen molar-refractivity contribution < 1.29 is 18.3 Å². The van der Waals surface area contributed by atoms with Gasteiger partial charge in [-0.15, -0.1) is 5.10 Å². The van der Waals surface area contributed by atoms with Crippen molar-refractivity contribution in [2.45, 2.75) is 46.6 Å². The molecule has 0 aliphatic heterocycles. The lowest BCUT2D eigenvalue weighted by Crippen LogP contribution is -2.25. The number of para-hydroxylation sites is 1. The Morgan fingerprint density at radius 3 is 2.46 bits per heavy atom. The molecule has 0 aliphatic rings. The second kappa shape index (κ2) is 12.2. The topological polar surface area (TPSA) is 90.2 Å². The second-order valence-corrected chi connectivity index (χ2v) is 9.44. The first-order valence-corrected chi connectivity index (χ1v) is 12.7. The highest BCUT2D eigenvalue weighted by atomic mass is 35.5. The van der Waals surface area contributed by atoms with Crippen LogP contribution in [-0.2, 0) is 24.5 Å². The van der Waals surface area contributed by atoms with E-state index in [1.165, 1.54) is 22.8 Å². The van der Waals surface area contributed by atoms with Crippen LogP contribution in [0.25, 0.3) is 5.69 Å². The summed E-state index contributed by atoms with van der Waals surface area (Å²) in [6.07, 6.45) is 0. The van der Waals surface area contributed by atoms with E-state index in [0.29, 0.717) is 19.0 Å². The van der Waals surface area contributed by atoms with Crippen molar-refractivity contribution in [1.82, 2.24) is 14.3 Å². The van der Waals surface area contributed by atoms with Gasteiger partial charge in [-0.2, -0.15) is 4.68 Å². The fourth-order valence-electron chi connectivity index (χ4n) is 3.99. The Labute approximate surface area is 229 Å². The number of anilines is 2. The molecule has 0 saturated carbocycles. The Bertz CT molecular complexity index is 1520. The molecule has 0 aliphatic carbocycles. The molecule has 1 heterocycles. The van der Waals surface area contributed by atoms with Gasteiger partial charge in [-0.05, 0) is 50.6 Å². The van der Waals surface area contributed by atoms with Gasteiger partial charge in [-0.25, -0.2) is 13.6 Å². The molecule has 1 aromatic heterocycles. The zero-order valence-electron chi connectivity index (χ0n) is 21.7. The fraction of sp³-hybridized carbons (Fsp3) is 0.250.